The summed E-state index contributed by atoms with van der Waals surface area (Å²) in [5.74, 6) is 0. The Morgan fingerprint density at radius 3 is 0.774 bits per heavy atom. The van der Waals surface area contributed by atoms with Gasteiger partial charge in [-0.15, -0.1) is 0 Å². The molecule has 5 heterocycles. The van der Waals surface area contributed by atoms with Gasteiger partial charge in [-0.3, -0.25) is 0 Å². The van der Waals surface area contributed by atoms with Gasteiger partial charge in [-0.25, -0.2) is 0 Å². The lowest BCUT2D eigenvalue weighted by Crippen LogP contribution is -2.16. The second kappa shape index (κ2) is 20.3. The van der Waals surface area contributed by atoms with Crippen molar-refractivity contribution in [2.75, 3.05) is 0 Å². The van der Waals surface area contributed by atoms with E-state index in [1.165, 1.54) is 10.8 Å². The normalized spacial score (nSPS) is 11.8. The van der Waals surface area contributed by atoms with Crippen molar-refractivity contribution in [1.29, 1.82) is 10.5 Å². The van der Waals surface area contributed by atoms with Crippen molar-refractivity contribution in [1.82, 2.24) is 22.8 Å². The minimum Gasteiger partial charge on any atom is -0.309 e. The summed E-state index contributed by atoms with van der Waals surface area (Å²) >= 11 is 0. The fourth-order valence-electron chi connectivity index (χ4n) is 15.4. The zero-order valence-electron chi connectivity index (χ0n) is 50.1. The van der Waals surface area contributed by atoms with Crippen LogP contribution in [0.4, 0.5) is 0 Å². The number of nitrogens with zero attached hydrogens (tertiary/aromatic N) is 7. The number of rotatable bonds is 8. The Hall–Kier alpha value is -12.9. The molecule has 0 amide bonds. The Morgan fingerprint density at radius 2 is 0.441 bits per heavy atom. The third-order valence-corrected chi connectivity index (χ3v) is 19.3. The monoisotopic (exact) mass is 1180 g/mol. The molecule has 430 valence electrons. The van der Waals surface area contributed by atoms with Gasteiger partial charge < -0.3 is 22.8 Å². The molecule has 0 atom stereocenters. The fraction of sp³-hybridized carbons (Fsp3) is 0. The summed E-state index contributed by atoms with van der Waals surface area (Å²) in [6.45, 7) is 0. The van der Waals surface area contributed by atoms with Gasteiger partial charge in [-0.1, -0.05) is 200 Å². The lowest BCUT2D eigenvalue weighted by molar-refractivity contribution is 1.04. The molecule has 19 aromatic rings. The van der Waals surface area contributed by atoms with Crippen molar-refractivity contribution in [3.05, 3.63) is 321 Å². The van der Waals surface area contributed by atoms with E-state index in [1.807, 2.05) is 24.3 Å². The predicted octanol–water partition coefficient (Wildman–Crippen LogP) is 21.9. The van der Waals surface area contributed by atoms with Crippen LogP contribution in [0.1, 0.15) is 11.1 Å². The van der Waals surface area contributed by atoms with Crippen LogP contribution in [0.5, 0.6) is 0 Å². The quantitative estimate of drug-likeness (QED) is 0.152. The number of benzene rings is 14. The molecular weight excluding hydrogens is 1130 g/mol. The molecule has 0 radical (unpaired) electrons. The van der Waals surface area contributed by atoms with E-state index in [-0.39, 0.29) is 0 Å². The fourth-order valence-corrected chi connectivity index (χ4v) is 15.4. The molecule has 0 saturated heterocycles. The molecular formula is C86H51N7. The number of hydrogen-bond acceptors (Lipinski definition) is 2. The first kappa shape index (κ1) is 52.0. The van der Waals surface area contributed by atoms with Crippen molar-refractivity contribution in [2.45, 2.75) is 0 Å². The van der Waals surface area contributed by atoms with Gasteiger partial charge in [-0.2, -0.15) is 10.5 Å². The minimum absolute atomic E-state index is 0.560. The van der Waals surface area contributed by atoms with Gasteiger partial charge in [0.2, 0.25) is 0 Å². The van der Waals surface area contributed by atoms with E-state index in [9.17, 15) is 10.5 Å². The van der Waals surface area contributed by atoms with Crippen LogP contribution in [0.25, 0.3) is 171 Å². The first-order valence-corrected chi connectivity index (χ1v) is 31.4. The number of nitriles is 2. The predicted molar refractivity (Wildman–Crippen MR) is 384 cm³/mol. The lowest BCUT2D eigenvalue weighted by Gasteiger charge is -2.31. The highest BCUT2D eigenvalue weighted by atomic mass is 15.1. The van der Waals surface area contributed by atoms with Gasteiger partial charge in [0, 0.05) is 70.7 Å². The number of hydrogen-bond donors (Lipinski definition) is 0. The second-order valence-corrected chi connectivity index (χ2v) is 24.1. The maximum atomic E-state index is 10.6. The minimum atomic E-state index is 0.560. The second-order valence-electron chi connectivity index (χ2n) is 24.1. The highest BCUT2D eigenvalue weighted by Crippen LogP contribution is 2.55. The van der Waals surface area contributed by atoms with Crippen LogP contribution in [0.15, 0.2) is 309 Å². The van der Waals surface area contributed by atoms with Crippen LogP contribution < -0.4 is 0 Å². The Bertz CT molecular complexity index is 6070. The molecule has 0 fully saturated rings. The number of aromatic nitrogens is 5. The van der Waals surface area contributed by atoms with Gasteiger partial charge in [0.05, 0.1) is 101 Å². The molecule has 0 spiro atoms. The van der Waals surface area contributed by atoms with E-state index >= 15 is 0 Å². The maximum absolute atomic E-state index is 10.6. The summed E-state index contributed by atoms with van der Waals surface area (Å²) in [4.78, 5) is 0. The van der Waals surface area contributed by atoms with Gasteiger partial charge >= 0.3 is 0 Å². The molecule has 7 heteroatoms. The molecule has 14 aromatic carbocycles. The molecule has 5 aromatic heterocycles. The Labute approximate surface area is 533 Å². The summed E-state index contributed by atoms with van der Waals surface area (Å²) in [7, 11) is 0. The molecule has 0 aliphatic rings. The van der Waals surface area contributed by atoms with Crippen LogP contribution in [0.2, 0.25) is 0 Å². The van der Waals surface area contributed by atoms with Gasteiger partial charge in [0.25, 0.3) is 0 Å². The summed E-state index contributed by atoms with van der Waals surface area (Å²) in [5, 5.41) is 32.6. The molecule has 0 saturated carbocycles. The van der Waals surface area contributed by atoms with E-state index in [1.54, 1.807) is 0 Å². The summed E-state index contributed by atoms with van der Waals surface area (Å²) in [5.41, 5.74) is 22.5. The summed E-state index contributed by atoms with van der Waals surface area (Å²) < 4.78 is 12.5. The lowest BCUT2D eigenvalue weighted by atomic mass is 9.89. The summed E-state index contributed by atoms with van der Waals surface area (Å²) in [6.07, 6.45) is 0. The largest absolute Gasteiger partial charge is 0.309 e. The average Bonchev–Trinajstić information content (AvgIpc) is 1.61. The van der Waals surface area contributed by atoms with Gasteiger partial charge in [-0.05, 0) is 131 Å². The summed E-state index contributed by atoms with van der Waals surface area (Å²) in [6, 6.07) is 116. The number of fused-ring (bicyclic) bond motifs is 15. The maximum Gasteiger partial charge on any atom is 0.0991 e. The van der Waals surface area contributed by atoms with Gasteiger partial charge in [0.1, 0.15) is 0 Å². The Morgan fingerprint density at radius 1 is 0.194 bits per heavy atom. The topological polar surface area (TPSA) is 72.2 Å². The highest BCUT2D eigenvalue weighted by molar-refractivity contribution is 6.19. The van der Waals surface area contributed by atoms with E-state index in [0.717, 1.165) is 160 Å². The van der Waals surface area contributed by atoms with E-state index in [0.29, 0.717) is 11.1 Å². The average molecular weight is 1180 g/mol. The van der Waals surface area contributed by atoms with Crippen molar-refractivity contribution < 1.29 is 0 Å². The van der Waals surface area contributed by atoms with E-state index in [2.05, 4.69) is 320 Å². The standard InChI is InChI=1S/C86H51N7/c87-52-54-38-42-56(43-39-54)81-83(90-72-31-13-4-22-61(72)62-23-5-14-32-73(62)90)82(57-44-40-55(53-88)41-45-57)85(92-76-35-17-8-26-65(76)66-27-9-18-36-77(66)92)86(84(81)91-74-33-15-6-24-63(74)64-25-7-16-34-75(64)91)93-78-37-19-11-29-68(78)70-51-59(47-49-80(70)93)58-46-48-79-69(50-58)67-28-10-12-30-71(67)89(79)60-20-2-1-3-21-60/h1-51H. The first-order chi connectivity index (χ1) is 46.1. The van der Waals surface area contributed by atoms with E-state index < -0.39 is 0 Å². The van der Waals surface area contributed by atoms with Crippen molar-refractivity contribution in [3.8, 4) is 74.0 Å². The molecule has 0 N–H and O–H groups in total. The molecule has 19 rings (SSSR count). The highest BCUT2D eigenvalue weighted by Gasteiger charge is 2.35. The van der Waals surface area contributed by atoms with Crippen LogP contribution in [-0.2, 0) is 0 Å². The molecule has 0 aliphatic carbocycles. The van der Waals surface area contributed by atoms with Gasteiger partial charge in [0.15, 0.2) is 0 Å². The molecule has 0 bridgehead atoms. The Kier molecular flexibility index (Phi) is 11.4. The van der Waals surface area contributed by atoms with Crippen LogP contribution in [-0.4, -0.2) is 22.8 Å². The zero-order valence-corrected chi connectivity index (χ0v) is 50.1. The molecule has 0 aliphatic heterocycles. The first-order valence-electron chi connectivity index (χ1n) is 31.4. The number of para-hydroxylation sites is 9. The Balaban J connectivity index is 1.06. The zero-order chi connectivity index (χ0) is 61.4. The third kappa shape index (κ3) is 7.57. The van der Waals surface area contributed by atoms with Crippen LogP contribution in [0.3, 0.4) is 0 Å². The van der Waals surface area contributed by atoms with Crippen LogP contribution >= 0.6 is 0 Å². The van der Waals surface area contributed by atoms with Crippen molar-refractivity contribution >= 4 is 109 Å². The molecule has 0 unspecified atom stereocenters. The van der Waals surface area contributed by atoms with Crippen molar-refractivity contribution in [2.24, 2.45) is 0 Å². The van der Waals surface area contributed by atoms with Crippen LogP contribution in [0, 0.1) is 22.7 Å². The third-order valence-electron chi connectivity index (χ3n) is 19.3. The molecule has 93 heavy (non-hydrogen) atoms. The smallest absolute Gasteiger partial charge is 0.0991 e. The molecule has 7 nitrogen and oxygen atoms in total. The van der Waals surface area contributed by atoms with E-state index in [4.69, 9.17) is 0 Å². The van der Waals surface area contributed by atoms with Crippen molar-refractivity contribution in [3.63, 3.8) is 0 Å². The SMILES string of the molecule is N#Cc1ccc(-c2c(-n3c4ccccc4c4ccccc43)c(-c3ccc(C#N)cc3)c(-n3c4ccccc4c4ccccc43)c(-n3c4ccccc4c4cc(-c5ccc6c(c5)c5ccccc5n6-c5ccccc5)ccc43)c2-n2c3ccccc3c3ccccc32)cc1.